The van der Waals surface area contributed by atoms with E-state index in [0.717, 1.165) is 17.7 Å². The van der Waals surface area contributed by atoms with E-state index in [0.29, 0.717) is 13.1 Å². The van der Waals surface area contributed by atoms with E-state index in [1.165, 1.54) is 5.56 Å². The van der Waals surface area contributed by atoms with Crippen molar-refractivity contribution in [3.8, 4) is 0 Å². The molecule has 4 heteroatoms. The van der Waals surface area contributed by atoms with Crippen LogP contribution in [0.25, 0.3) is 0 Å². The van der Waals surface area contributed by atoms with Crippen LogP contribution in [0.2, 0.25) is 0 Å². The number of hydrogen-bond acceptors (Lipinski definition) is 2. The molecule has 27 heavy (non-hydrogen) atoms. The Kier molecular flexibility index (Phi) is 7.17. The molecule has 0 radical (unpaired) electrons. The van der Waals surface area contributed by atoms with Crippen LogP contribution in [-0.2, 0) is 21.4 Å². The first-order valence-electron chi connectivity index (χ1n) is 9.47. The lowest BCUT2D eigenvalue weighted by Gasteiger charge is -2.29. The summed E-state index contributed by atoms with van der Waals surface area (Å²) in [5.74, 6) is -0.0887. The molecule has 2 aromatic rings. The molecule has 0 saturated carbocycles. The van der Waals surface area contributed by atoms with Crippen molar-refractivity contribution in [3.63, 3.8) is 0 Å². The van der Waals surface area contributed by atoms with Crippen LogP contribution < -0.4 is 10.2 Å². The van der Waals surface area contributed by atoms with Gasteiger partial charge in [0.1, 0.15) is 0 Å². The van der Waals surface area contributed by atoms with Crippen LogP contribution in [0.4, 0.5) is 5.69 Å². The van der Waals surface area contributed by atoms with E-state index in [1.807, 2.05) is 54.6 Å². The SMILES string of the molecule is CC(=O)N(CCC(=O)NCCc1ccccc1)c1ccccc1C(C)(C)C. The van der Waals surface area contributed by atoms with Gasteiger partial charge in [0, 0.05) is 32.1 Å². The molecule has 0 aliphatic rings. The van der Waals surface area contributed by atoms with E-state index in [9.17, 15) is 9.59 Å². The molecule has 4 nitrogen and oxygen atoms in total. The number of carbonyl (C=O) groups excluding carboxylic acids is 2. The number of para-hydroxylation sites is 1. The maximum absolute atomic E-state index is 12.2. The summed E-state index contributed by atoms with van der Waals surface area (Å²) in [6.07, 6.45) is 1.09. The predicted octanol–water partition coefficient (Wildman–Crippen LogP) is 4.09. The van der Waals surface area contributed by atoms with E-state index in [2.05, 4.69) is 26.1 Å². The first-order valence-corrected chi connectivity index (χ1v) is 9.47. The Labute approximate surface area is 162 Å². The molecule has 0 aliphatic carbocycles. The Morgan fingerprint density at radius 2 is 1.59 bits per heavy atom. The molecule has 2 rings (SSSR count). The molecule has 0 unspecified atom stereocenters. The molecule has 2 aromatic carbocycles. The fraction of sp³-hybridized carbons (Fsp3) is 0.391. The van der Waals surface area contributed by atoms with Gasteiger partial charge >= 0.3 is 0 Å². The van der Waals surface area contributed by atoms with Gasteiger partial charge in [-0.15, -0.1) is 0 Å². The normalized spacial score (nSPS) is 11.1. The monoisotopic (exact) mass is 366 g/mol. The average molecular weight is 367 g/mol. The zero-order chi connectivity index (χ0) is 19.9. The molecule has 0 spiro atoms. The number of nitrogens with zero attached hydrogens (tertiary/aromatic N) is 1. The zero-order valence-corrected chi connectivity index (χ0v) is 16.8. The third-order valence-electron chi connectivity index (χ3n) is 4.52. The van der Waals surface area contributed by atoms with Crippen LogP contribution in [0.3, 0.4) is 0 Å². The highest BCUT2D eigenvalue weighted by Crippen LogP contribution is 2.32. The summed E-state index contributed by atoms with van der Waals surface area (Å²) >= 11 is 0. The maximum atomic E-state index is 12.2. The summed E-state index contributed by atoms with van der Waals surface area (Å²) in [6.45, 7) is 8.90. The van der Waals surface area contributed by atoms with Crippen LogP contribution in [0.5, 0.6) is 0 Å². The topological polar surface area (TPSA) is 49.4 Å². The molecule has 0 atom stereocenters. The van der Waals surface area contributed by atoms with Crippen molar-refractivity contribution in [1.29, 1.82) is 0 Å². The summed E-state index contributed by atoms with van der Waals surface area (Å²) < 4.78 is 0. The van der Waals surface area contributed by atoms with Gasteiger partial charge in [0.2, 0.25) is 11.8 Å². The smallest absolute Gasteiger partial charge is 0.223 e. The van der Waals surface area contributed by atoms with Crippen molar-refractivity contribution in [3.05, 3.63) is 65.7 Å². The molecular weight excluding hydrogens is 336 g/mol. The maximum Gasteiger partial charge on any atom is 0.223 e. The summed E-state index contributed by atoms with van der Waals surface area (Å²) in [4.78, 5) is 26.2. The van der Waals surface area contributed by atoms with E-state index in [4.69, 9.17) is 0 Å². The van der Waals surface area contributed by atoms with Gasteiger partial charge in [0.05, 0.1) is 0 Å². The minimum atomic E-state index is -0.0811. The van der Waals surface area contributed by atoms with Crippen molar-refractivity contribution in [1.82, 2.24) is 5.32 Å². The second-order valence-corrected chi connectivity index (χ2v) is 7.77. The lowest BCUT2D eigenvalue weighted by Crippen LogP contribution is -2.35. The second kappa shape index (κ2) is 9.36. The quantitative estimate of drug-likeness (QED) is 0.802. The molecule has 0 aliphatic heterocycles. The number of carbonyl (C=O) groups is 2. The molecule has 0 saturated heterocycles. The number of anilines is 1. The summed E-state index contributed by atoms with van der Waals surface area (Å²) in [7, 11) is 0. The Morgan fingerprint density at radius 3 is 2.22 bits per heavy atom. The lowest BCUT2D eigenvalue weighted by molar-refractivity contribution is -0.121. The van der Waals surface area contributed by atoms with Gasteiger partial charge in [-0.2, -0.15) is 0 Å². The van der Waals surface area contributed by atoms with Crippen molar-refractivity contribution in [2.45, 2.75) is 46.0 Å². The fourth-order valence-electron chi connectivity index (χ4n) is 3.08. The average Bonchev–Trinajstić information content (AvgIpc) is 2.62. The third-order valence-corrected chi connectivity index (χ3v) is 4.52. The van der Waals surface area contributed by atoms with Crippen molar-refractivity contribution in [2.24, 2.45) is 0 Å². The van der Waals surface area contributed by atoms with Crippen molar-refractivity contribution < 1.29 is 9.59 Å². The summed E-state index contributed by atoms with van der Waals surface area (Å²) in [5.41, 5.74) is 3.10. The van der Waals surface area contributed by atoms with Gasteiger partial charge in [-0.05, 0) is 29.0 Å². The first kappa shape index (κ1) is 20.7. The van der Waals surface area contributed by atoms with E-state index in [-0.39, 0.29) is 23.7 Å². The van der Waals surface area contributed by atoms with Gasteiger partial charge in [0.25, 0.3) is 0 Å². The standard InChI is InChI=1S/C23H30N2O2/c1-18(26)25(21-13-9-8-12-20(21)23(2,3)4)17-15-22(27)24-16-14-19-10-6-5-7-11-19/h5-13H,14-17H2,1-4H3,(H,24,27). The molecule has 0 aromatic heterocycles. The van der Waals surface area contributed by atoms with Gasteiger partial charge in [-0.3, -0.25) is 9.59 Å². The van der Waals surface area contributed by atoms with E-state index in [1.54, 1.807) is 11.8 Å². The molecule has 0 fully saturated rings. The number of rotatable bonds is 7. The predicted molar refractivity (Wildman–Crippen MR) is 111 cm³/mol. The number of amides is 2. The molecule has 2 amide bonds. The highest BCUT2D eigenvalue weighted by molar-refractivity contribution is 5.93. The molecule has 1 N–H and O–H groups in total. The Balaban J connectivity index is 1.95. The van der Waals surface area contributed by atoms with Gasteiger partial charge in [-0.1, -0.05) is 69.3 Å². The minimum absolute atomic E-state index is 0.0366. The Bertz CT molecular complexity index is 763. The Hall–Kier alpha value is -2.62. The molecule has 0 bridgehead atoms. The van der Waals surface area contributed by atoms with Gasteiger partial charge < -0.3 is 10.2 Å². The van der Waals surface area contributed by atoms with E-state index >= 15 is 0 Å². The summed E-state index contributed by atoms with van der Waals surface area (Å²) in [5, 5.41) is 2.94. The zero-order valence-electron chi connectivity index (χ0n) is 16.8. The fourth-order valence-corrected chi connectivity index (χ4v) is 3.08. The number of hydrogen-bond donors (Lipinski definition) is 1. The molecule has 144 valence electrons. The number of benzene rings is 2. The lowest BCUT2D eigenvalue weighted by atomic mass is 9.85. The second-order valence-electron chi connectivity index (χ2n) is 7.77. The number of nitrogens with one attached hydrogen (secondary N) is 1. The highest BCUT2D eigenvalue weighted by atomic mass is 16.2. The largest absolute Gasteiger partial charge is 0.356 e. The van der Waals surface area contributed by atoms with Gasteiger partial charge in [0.15, 0.2) is 0 Å². The van der Waals surface area contributed by atoms with Crippen LogP contribution >= 0.6 is 0 Å². The summed E-state index contributed by atoms with van der Waals surface area (Å²) in [6, 6.07) is 18.0. The van der Waals surface area contributed by atoms with Crippen LogP contribution in [0.15, 0.2) is 54.6 Å². The highest BCUT2D eigenvalue weighted by Gasteiger charge is 2.23. The van der Waals surface area contributed by atoms with E-state index < -0.39 is 0 Å². The molecule has 0 heterocycles. The van der Waals surface area contributed by atoms with Crippen LogP contribution in [-0.4, -0.2) is 24.9 Å². The first-order chi connectivity index (χ1) is 12.8. The van der Waals surface area contributed by atoms with Crippen molar-refractivity contribution in [2.75, 3.05) is 18.0 Å². The Morgan fingerprint density at radius 1 is 0.963 bits per heavy atom. The minimum Gasteiger partial charge on any atom is -0.356 e. The van der Waals surface area contributed by atoms with Crippen LogP contribution in [0, 0.1) is 0 Å². The molecular formula is C23H30N2O2. The van der Waals surface area contributed by atoms with Gasteiger partial charge in [-0.25, -0.2) is 0 Å². The van der Waals surface area contributed by atoms with Crippen LogP contribution in [0.1, 0.15) is 45.2 Å². The van der Waals surface area contributed by atoms with Crippen molar-refractivity contribution >= 4 is 17.5 Å². The third kappa shape index (κ3) is 6.24.